The molecule has 5 nitrogen and oxygen atoms in total. The van der Waals surface area contributed by atoms with Gasteiger partial charge in [-0.1, -0.05) is 185 Å². The summed E-state index contributed by atoms with van der Waals surface area (Å²) in [7, 11) is 0. The van der Waals surface area contributed by atoms with Crippen LogP contribution in [0, 0.1) is 0 Å². The van der Waals surface area contributed by atoms with Crippen molar-refractivity contribution in [1.29, 1.82) is 0 Å². The Bertz CT molecular complexity index is 2010. The van der Waals surface area contributed by atoms with Gasteiger partial charge >= 0.3 is 11.9 Å². The van der Waals surface area contributed by atoms with Crippen molar-refractivity contribution in [2.45, 2.75) is 200 Å². The zero-order valence-electron chi connectivity index (χ0n) is 41.6. The second-order valence-corrected chi connectivity index (χ2v) is 19.0. The number of hydrogen-bond donors (Lipinski definition) is 0. The Balaban J connectivity index is 1.31. The summed E-state index contributed by atoms with van der Waals surface area (Å²) in [6.45, 7) is 9.70. The van der Waals surface area contributed by atoms with Crippen molar-refractivity contribution in [3.8, 4) is 33.8 Å². The fourth-order valence-electron chi connectivity index (χ4n) is 9.90. The predicted molar refractivity (Wildman–Crippen MR) is 277 cm³/mol. The van der Waals surface area contributed by atoms with E-state index < -0.39 is 0 Å². The van der Waals surface area contributed by atoms with E-state index in [4.69, 9.17) is 14.2 Å². The Labute approximate surface area is 400 Å². The standard InChI is InChI=1S/C61H84O5/c1-5-9-12-15-18-19-24-30-49-31-33-50(34-32-49)52-37-41-55-56-42-40-54(66-60(63)51-35-38-53(39-36-51)64-45-27-22-23-28-46-65-59(62)29-8-4)48-58(56)61(57(55)47-52,43-25-20-16-13-10-6-2)44-26-21-17-14-11-7-3/h8,29,31-42,47-48H,5-7,9-28,30,43-46H2,1-4H3. The number of aryl methyl sites for hydroxylation is 1. The average molecular weight is 897 g/mol. The van der Waals surface area contributed by atoms with Crippen molar-refractivity contribution in [3.63, 3.8) is 0 Å². The summed E-state index contributed by atoms with van der Waals surface area (Å²) in [5.41, 5.74) is 9.77. The van der Waals surface area contributed by atoms with Gasteiger partial charge < -0.3 is 14.2 Å². The maximum absolute atomic E-state index is 13.7. The first kappa shape index (κ1) is 52.3. The summed E-state index contributed by atoms with van der Waals surface area (Å²) in [5.74, 6) is 0.693. The lowest BCUT2D eigenvalue weighted by atomic mass is 9.70. The third-order valence-electron chi connectivity index (χ3n) is 13.8. The van der Waals surface area contributed by atoms with Gasteiger partial charge in [-0.15, -0.1) is 0 Å². The normalized spacial score (nSPS) is 12.6. The van der Waals surface area contributed by atoms with Crippen molar-refractivity contribution in [3.05, 3.63) is 119 Å². The molecule has 358 valence electrons. The lowest BCUT2D eigenvalue weighted by molar-refractivity contribution is -0.137. The summed E-state index contributed by atoms with van der Waals surface area (Å²) in [6, 6.07) is 30.3. The molecule has 0 saturated heterocycles. The third kappa shape index (κ3) is 16.6. The van der Waals surface area contributed by atoms with Gasteiger partial charge in [-0.3, -0.25) is 0 Å². The molecule has 0 amide bonds. The largest absolute Gasteiger partial charge is 0.494 e. The molecule has 1 aliphatic rings. The molecular formula is C61H84O5. The summed E-state index contributed by atoms with van der Waals surface area (Å²) >= 11 is 0. The van der Waals surface area contributed by atoms with E-state index in [1.54, 1.807) is 25.1 Å². The van der Waals surface area contributed by atoms with E-state index in [9.17, 15) is 9.59 Å². The Morgan fingerprint density at radius 1 is 0.500 bits per heavy atom. The molecule has 0 fully saturated rings. The van der Waals surface area contributed by atoms with E-state index in [1.165, 1.54) is 167 Å². The zero-order chi connectivity index (χ0) is 46.7. The monoisotopic (exact) mass is 897 g/mol. The molecule has 0 saturated carbocycles. The van der Waals surface area contributed by atoms with Gasteiger partial charge in [0.1, 0.15) is 11.5 Å². The number of ether oxygens (including phenoxy) is 3. The van der Waals surface area contributed by atoms with Crippen LogP contribution in [0.2, 0.25) is 0 Å². The van der Waals surface area contributed by atoms with Crippen molar-refractivity contribution in [2.75, 3.05) is 13.2 Å². The van der Waals surface area contributed by atoms with Gasteiger partial charge in [-0.05, 0) is 140 Å². The van der Waals surface area contributed by atoms with E-state index >= 15 is 0 Å². The molecule has 0 atom stereocenters. The highest BCUT2D eigenvalue weighted by atomic mass is 16.5. The van der Waals surface area contributed by atoms with Gasteiger partial charge in [0.2, 0.25) is 0 Å². The Morgan fingerprint density at radius 3 is 1.61 bits per heavy atom. The van der Waals surface area contributed by atoms with E-state index in [-0.39, 0.29) is 17.4 Å². The van der Waals surface area contributed by atoms with Gasteiger partial charge in [-0.25, -0.2) is 9.59 Å². The number of hydrogen-bond acceptors (Lipinski definition) is 5. The molecule has 0 radical (unpaired) electrons. The maximum atomic E-state index is 13.7. The molecule has 5 heteroatoms. The summed E-state index contributed by atoms with van der Waals surface area (Å²) in [6.07, 6.45) is 34.7. The summed E-state index contributed by atoms with van der Waals surface area (Å²) in [5, 5.41) is 0. The molecule has 0 aliphatic heterocycles. The summed E-state index contributed by atoms with van der Waals surface area (Å²) < 4.78 is 17.4. The molecule has 0 heterocycles. The van der Waals surface area contributed by atoms with Crippen molar-refractivity contribution in [2.24, 2.45) is 0 Å². The highest BCUT2D eigenvalue weighted by molar-refractivity contribution is 5.92. The first-order valence-corrected chi connectivity index (χ1v) is 26.6. The van der Waals surface area contributed by atoms with Gasteiger partial charge in [-0.2, -0.15) is 0 Å². The summed E-state index contributed by atoms with van der Waals surface area (Å²) in [4.78, 5) is 25.2. The highest BCUT2D eigenvalue weighted by Gasteiger charge is 2.43. The molecule has 66 heavy (non-hydrogen) atoms. The van der Waals surface area contributed by atoms with Crippen LogP contribution in [0.4, 0.5) is 0 Å². The number of fused-ring (bicyclic) bond motifs is 3. The van der Waals surface area contributed by atoms with Crippen LogP contribution in [0.15, 0.2) is 97.1 Å². The number of carbonyl (C=O) groups is 2. The third-order valence-corrected chi connectivity index (χ3v) is 13.8. The topological polar surface area (TPSA) is 61.8 Å². The zero-order valence-corrected chi connectivity index (χ0v) is 41.6. The minimum absolute atomic E-state index is 0.145. The van der Waals surface area contributed by atoms with Gasteiger partial charge in [0, 0.05) is 11.5 Å². The first-order valence-electron chi connectivity index (χ1n) is 26.6. The van der Waals surface area contributed by atoms with Crippen molar-refractivity contribution in [1.82, 2.24) is 0 Å². The number of carbonyl (C=O) groups excluding carboxylic acids is 2. The fourth-order valence-corrected chi connectivity index (χ4v) is 9.90. The Kier molecular flexibility index (Phi) is 23.7. The van der Waals surface area contributed by atoms with E-state index in [1.807, 2.05) is 18.2 Å². The van der Waals surface area contributed by atoms with Crippen LogP contribution in [0.5, 0.6) is 11.5 Å². The Morgan fingerprint density at radius 2 is 1.00 bits per heavy atom. The van der Waals surface area contributed by atoms with Crippen molar-refractivity contribution >= 4 is 11.9 Å². The lowest BCUT2D eigenvalue weighted by Gasteiger charge is -2.33. The second kappa shape index (κ2) is 29.9. The number of rotatable bonds is 34. The van der Waals surface area contributed by atoms with Gasteiger partial charge in [0.15, 0.2) is 0 Å². The van der Waals surface area contributed by atoms with E-state index in [2.05, 4.69) is 75.4 Å². The molecule has 0 unspecified atom stereocenters. The first-order chi connectivity index (χ1) is 32.4. The van der Waals surface area contributed by atoms with Crippen molar-refractivity contribution < 1.29 is 23.8 Å². The maximum Gasteiger partial charge on any atom is 0.343 e. The number of allylic oxidation sites excluding steroid dienone is 1. The highest BCUT2D eigenvalue weighted by Crippen LogP contribution is 2.56. The molecule has 0 N–H and O–H groups in total. The molecular weight excluding hydrogens is 813 g/mol. The van der Waals surface area contributed by atoms with E-state index in [0.29, 0.717) is 24.5 Å². The fraction of sp³-hybridized carbons (Fsp3) is 0.541. The molecule has 4 aromatic carbocycles. The average Bonchev–Trinajstić information content (AvgIpc) is 3.60. The SMILES string of the molecule is CC=CC(=O)OCCCCCCOc1ccc(C(=O)Oc2ccc3c(c2)C(CCCCCCCC)(CCCCCCCC)c2cc(-c4ccc(CCCCCCCCC)cc4)ccc2-3)cc1. The van der Waals surface area contributed by atoms with Crippen LogP contribution < -0.4 is 9.47 Å². The Hall–Kier alpha value is -4.64. The predicted octanol–water partition coefficient (Wildman–Crippen LogP) is 17.7. The minimum atomic E-state index is -0.359. The smallest absolute Gasteiger partial charge is 0.343 e. The second-order valence-electron chi connectivity index (χ2n) is 19.0. The number of benzene rings is 4. The van der Waals surface area contributed by atoms with Crippen LogP contribution >= 0.6 is 0 Å². The van der Waals surface area contributed by atoms with Gasteiger partial charge in [0.05, 0.1) is 18.8 Å². The van der Waals surface area contributed by atoms with E-state index in [0.717, 1.165) is 50.7 Å². The minimum Gasteiger partial charge on any atom is -0.494 e. The quantitative estimate of drug-likeness (QED) is 0.0202. The molecule has 5 rings (SSSR count). The molecule has 1 aliphatic carbocycles. The molecule has 4 aromatic rings. The number of unbranched alkanes of at least 4 members (excludes halogenated alkanes) is 19. The van der Waals surface area contributed by atoms with Crippen LogP contribution in [0.1, 0.15) is 215 Å². The van der Waals surface area contributed by atoms with Gasteiger partial charge in [0.25, 0.3) is 0 Å². The van der Waals surface area contributed by atoms with Crippen LogP contribution in [0.3, 0.4) is 0 Å². The number of esters is 2. The molecule has 0 aromatic heterocycles. The van der Waals surface area contributed by atoms with Crippen LogP contribution in [-0.2, 0) is 21.4 Å². The lowest BCUT2D eigenvalue weighted by Crippen LogP contribution is -2.26. The van der Waals surface area contributed by atoms with Crippen LogP contribution in [-0.4, -0.2) is 25.2 Å². The molecule has 0 bridgehead atoms. The molecule has 0 spiro atoms. The van der Waals surface area contributed by atoms with Crippen LogP contribution in [0.25, 0.3) is 22.3 Å².